The van der Waals surface area contributed by atoms with Crippen molar-refractivity contribution in [1.29, 1.82) is 5.26 Å². The number of rotatable bonds is 3. The number of hydrogen-bond acceptors (Lipinski definition) is 4. The Kier molecular flexibility index (Phi) is 3.67. The zero-order valence-corrected chi connectivity index (χ0v) is 11.1. The van der Waals surface area contributed by atoms with Gasteiger partial charge in [0.05, 0.1) is 11.0 Å². The molecule has 2 aromatic rings. The molecule has 0 radical (unpaired) electrons. The van der Waals surface area contributed by atoms with E-state index in [1.165, 1.54) is 12.1 Å². The van der Waals surface area contributed by atoms with Crippen molar-refractivity contribution in [2.24, 2.45) is 0 Å². The first-order valence-electron chi connectivity index (χ1n) is 5.95. The average Bonchev–Trinajstić information content (AvgIpc) is 2.43. The Morgan fingerprint density at radius 2 is 2.00 bits per heavy atom. The molecule has 0 N–H and O–H groups in total. The third kappa shape index (κ3) is 2.59. The molecule has 20 heavy (non-hydrogen) atoms. The fourth-order valence-electron chi connectivity index (χ4n) is 1.78. The Hall–Kier alpha value is -2.87. The van der Waals surface area contributed by atoms with E-state index >= 15 is 0 Å². The molecule has 0 saturated heterocycles. The van der Waals surface area contributed by atoms with Crippen molar-refractivity contribution in [3.05, 3.63) is 63.2 Å². The minimum atomic E-state index is -0.589. The third-order valence-electron chi connectivity index (χ3n) is 3.07. The van der Waals surface area contributed by atoms with Crippen molar-refractivity contribution >= 4 is 5.69 Å². The molecular formula is C15H12N2O3. The van der Waals surface area contributed by atoms with Gasteiger partial charge in [0.15, 0.2) is 0 Å². The number of hydrogen-bond donors (Lipinski definition) is 0. The molecule has 0 spiro atoms. The minimum Gasteiger partial charge on any atom is -0.457 e. The lowest BCUT2D eigenvalue weighted by Crippen LogP contribution is -1.94. The molecule has 0 aliphatic heterocycles. The first kappa shape index (κ1) is 13.6. The summed E-state index contributed by atoms with van der Waals surface area (Å²) in [7, 11) is 0. The van der Waals surface area contributed by atoms with Crippen LogP contribution in [0.2, 0.25) is 0 Å². The lowest BCUT2D eigenvalue weighted by molar-refractivity contribution is -0.385. The third-order valence-corrected chi connectivity index (χ3v) is 3.07. The number of nitro groups is 1. The maximum atomic E-state index is 10.9. The van der Waals surface area contributed by atoms with Crippen molar-refractivity contribution in [1.82, 2.24) is 0 Å². The largest absolute Gasteiger partial charge is 0.457 e. The van der Waals surface area contributed by atoms with Crippen LogP contribution in [0.25, 0.3) is 0 Å². The maximum Gasteiger partial charge on any atom is 0.290 e. The van der Waals surface area contributed by atoms with Gasteiger partial charge in [-0.15, -0.1) is 0 Å². The molecule has 0 heterocycles. The summed E-state index contributed by atoms with van der Waals surface area (Å²) in [5.41, 5.74) is 1.81. The van der Waals surface area contributed by atoms with E-state index in [9.17, 15) is 10.1 Å². The number of nitro benzene ring substituents is 1. The molecule has 2 aromatic carbocycles. The van der Waals surface area contributed by atoms with Gasteiger partial charge in [-0.3, -0.25) is 10.1 Å². The highest BCUT2D eigenvalue weighted by Crippen LogP contribution is 2.30. The Morgan fingerprint density at radius 3 is 2.65 bits per heavy atom. The number of benzene rings is 2. The van der Waals surface area contributed by atoms with Gasteiger partial charge in [0.2, 0.25) is 0 Å². The molecule has 0 amide bonds. The van der Waals surface area contributed by atoms with E-state index in [-0.39, 0.29) is 11.3 Å². The summed E-state index contributed by atoms with van der Waals surface area (Å²) in [5, 5.41) is 19.7. The quantitative estimate of drug-likeness (QED) is 0.625. The number of ether oxygens (including phenoxy) is 1. The Bertz CT molecular complexity index is 718. The van der Waals surface area contributed by atoms with Crippen LogP contribution in [-0.2, 0) is 0 Å². The second-order valence-corrected chi connectivity index (χ2v) is 4.35. The molecular weight excluding hydrogens is 256 g/mol. The summed E-state index contributed by atoms with van der Waals surface area (Å²) in [5.74, 6) is 0.980. The molecule has 0 bridgehead atoms. The van der Waals surface area contributed by atoms with Crippen LogP contribution in [0.4, 0.5) is 5.69 Å². The second kappa shape index (κ2) is 5.41. The van der Waals surface area contributed by atoms with Crippen LogP contribution in [0.1, 0.15) is 16.7 Å². The van der Waals surface area contributed by atoms with Gasteiger partial charge < -0.3 is 4.74 Å². The molecule has 5 nitrogen and oxygen atoms in total. The summed E-state index contributed by atoms with van der Waals surface area (Å²) >= 11 is 0. The van der Waals surface area contributed by atoms with Crippen molar-refractivity contribution < 1.29 is 9.66 Å². The molecule has 100 valence electrons. The summed E-state index contributed by atoms with van der Waals surface area (Å²) in [4.78, 5) is 10.3. The molecule has 0 atom stereocenters. The maximum absolute atomic E-state index is 10.9. The topological polar surface area (TPSA) is 76.2 Å². The van der Waals surface area contributed by atoms with E-state index in [1.807, 2.05) is 26.0 Å². The van der Waals surface area contributed by atoms with Gasteiger partial charge in [-0.05, 0) is 43.2 Å². The standard InChI is InChI=1S/C15H12N2O3/c1-10-4-3-5-15(11(10)2)20-13-7-6-12(9-16)14(8-13)17(18)19/h3-8H,1-2H3. The van der Waals surface area contributed by atoms with Crippen LogP contribution in [-0.4, -0.2) is 4.92 Å². The van der Waals surface area contributed by atoms with Crippen LogP contribution < -0.4 is 4.74 Å². The van der Waals surface area contributed by atoms with Gasteiger partial charge >= 0.3 is 0 Å². The van der Waals surface area contributed by atoms with Crippen molar-refractivity contribution in [3.63, 3.8) is 0 Å². The molecule has 0 fully saturated rings. The number of nitrogens with zero attached hydrogens (tertiary/aromatic N) is 2. The zero-order chi connectivity index (χ0) is 14.7. The van der Waals surface area contributed by atoms with Gasteiger partial charge in [0.1, 0.15) is 23.1 Å². The molecule has 0 saturated carbocycles. The molecule has 0 aliphatic carbocycles. The predicted octanol–water partition coefficient (Wildman–Crippen LogP) is 3.88. The van der Waals surface area contributed by atoms with Gasteiger partial charge in [0, 0.05) is 0 Å². The lowest BCUT2D eigenvalue weighted by Gasteiger charge is -2.10. The predicted molar refractivity (Wildman–Crippen MR) is 73.8 cm³/mol. The highest BCUT2D eigenvalue weighted by Gasteiger charge is 2.15. The Labute approximate surface area is 116 Å². The number of nitriles is 1. The fraction of sp³-hybridized carbons (Fsp3) is 0.133. The lowest BCUT2D eigenvalue weighted by atomic mass is 10.1. The smallest absolute Gasteiger partial charge is 0.290 e. The molecule has 0 aromatic heterocycles. The van der Waals surface area contributed by atoms with E-state index in [2.05, 4.69) is 0 Å². The van der Waals surface area contributed by atoms with E-state index in [4.69, 9.17) is 10.00 Å². The summed E-state index contributed by atoms with van der Waals surface area (Å²) < 4.78 is 5.67. The first-order valence-corrected chi connectivity index (χ1v) is 5.95. The summed E-state index contributed by atoms with van der Waals surface area (Å²) in [6.45, 7) is 3.88. The summed E-state index contributed by atoms with van der Waals surface area (Å²) in [6, 6.07) is 11.6. The van der Waals surface area contributed by atoms with Gasteiger partial charge in [-0.2, -0.15) is 5.26 Å². The Balaban J connectivity index is 2.40. The zero-order valence-electron chi connectivity index (χ0n) is 11.1. The van der Waals surface area contributed by atoms with Gasteiger partial charge in [-0.25, -0.2) is 0 Å². The SMILES string of the molecule is Cc1cccc(Oc2ccc(C#N)c([N+](=O)[O-])c2)c1C. The van der Waals surface area contributed by atoms with Crippen LogP contribution in [0, 0.1) is 35.3 Å². The number of aryl methyl sites for hydroxylation is 1. The van der Waals surface area contributed by atoms with Gasteiger partial charge in [0.25, 0.3) is 5.69 Å². The highest BCUT2D eigenvalue weighted by molar-refractivity contribution is 5.53. The molecule has 5 heteroatoms. The molecule has 2 rings (SSSR count). The second-order valence-electron chi connectivity index (χ2n) is 4.35. The summed E-state index contributed by atoms with van der Waals surface area (Å²) in [6.07, 6.45) is 0. The van der Waals surface area contributed by atoms with Crippen LogP contribution in [0.5, 0.6) is 11.5 Å². The molecule has 0 aliphatic rings. The monoisotopic (exact) mass is 268 g/mol. The van der Waals surface area contributed by atoms with E-state index < -0.39 is 4.92 Å². The van der Waals surface area contributed by atoms with Crippen molar-refractivity contribution in [2.75, 3.05) is 0 Å². The van der Waals surface area contributed by atoms with Crippen LogP contribution in [0.3, 0.4) is 0 Å². The van der Waals surface area contributed by atoms with Crippen molar-refractivity contribution in [2.45, 2.75) is 13.8 Å². The van der Waals surface area contributed by atoms with Crippen molar-refractivity contribution in [3.8, 4) is 17.6 Å². The van der Waals surface area contributed by atoms with Gasteiger partial charge in [-0.1, -0.05) is 12.1 Å². The average molecular weight is 268 g/mol. The van der Waals surface area contributed by atoms with Crippen LogP contribution >= 0.6 is 0 Å². The normalized spacial score (nSPS) is 9.85. The van der Waals surface area contributed by atoms with E-state index in [0.29, 0.717) is 11.5 Å². The molecule has 0 unspecified atom stereocenters. The van der Waals surface area contributed by atoms with E-state index in [0.717, 1.165) is 11.1 Å². The minimum absolute atomic E-state index is 0.0170. The van der Waals surface area contributed by atoms with E-state index in [1.54, 1.807) is 18.2 Å². The highest BCUT2D eigenvalue weighted by atomic mass is 16.6. The van der Waals surface area contributed by atoms with Crippen LogP contribution in [0.15, 0.2) is 36.4 Å². The first-order chi connectivity index (χ1) is 9.52. The Morgan fingerprint density at radius 1 is 1.25 bits per heavy atom. The fourth-order valence-corrected chi connectivity index (χ4v) is 1.78.